The molecule has 0 atom stereocenters. The van der Waals surface area contributed by atoms with Gasteiger partial charge in [-0.25, -0.2) is 9.97 Å². The number of hydrogen-bond acceptors (Lipinski definition) is 5. The number of aromatic nitrogens is 2. The second kappa shape index (κ2) is 5.94. The van der Waals surface area contributed by atoms with Gasteiger partial charge in [0.25, 0.3) is 0 Å². The van der Waals surface area contributed by atoms with Gasteiger partial charge in [0.05, 0.1) is 12.0 Å². The minimum atomic E-state index is 0.0955. The predicted octanol–water partition coefficient (Wildman–Crippen LogP) is 3.36. The van der Waals surface area contributed by atoms with Crippen molar-refractivity contribution in [2.24, 2.45) is 0 Å². The van der Waals surface area contributed by atoms with E-state index >= 15 is 0 Å². The van der Waals surface area contributed by atoms with E-state index in [1.54, 1.807) is 18.2 Å². The van der Waals surface area contributed by atoms with Crippen molar-refractivity contribution in [3.8, 4) is 17.5 Å². The standard InChI is InChI=1S/C17H12N4O/c18-11-13-14(9-8-12-5-2-1-3-6-12)20-17(19)21-16(13)15-7-4-10-22-15/h1-10H,(H2,19,20,21)/b9-8+. The lowest BCUT2D eigenvalue weighted by atomic mass is 10.1. The summed E-state index contributed by atoms with van der Waals surface area (Å²) in [7, 11) is 0. The Morgan fingerprint density at radius 1 is 1.05 bits per heavy atom. The average molecular weight is 288 g/mol. The maximum absolute atomic E-state index is 9.44. The van der Waals surface area contributed by atoms with Crippen LogP contribution in [0.5, 0.6) is 0 Å². The molecule has 0 saturated heterocycles. The molecule has 0 aliphatic rings. The number of hydrogen-bond donors (Lipinski definition) is 1. The van der Waals surface area contributed by atoms with Gasteiger partial charge in [0.2, 0.25) is 5.95 Å². The molecule has 2 aromatic heterocycles. The zero-order chi connectivity index (χ0) is 15.4. The lowest BCUT2D eigenvalue weighted by Gasteiger charge is -2.04. The number of benzene rings is 1. The molecular formula is C17H12N4O. The summed E-state index contributed by atoms with van der Waals surface area (Å²) in [6.45, 7) is 0. The van der Waals surface area contributed by atoms with Crippen molar-refractivity contribution >= 4 is 18.1 Å². The van der Waals surface area contributed by atoms with Crippen LogP contribution in [0, 0.1) is 11.3 Å². The minimum Gasteiger partial charge on any atom is -0.463 e. The molecule has 106 valence electrons. The largest absolute Gasteiger partial charge is 0.463 e. The van der Waals surface area contributed by atoms with Crippen molar-refractivity contribution in [2.75, 3.05) is 5.73 Å². The van der Waals surface area contributed by atoms with Gasteiger partial charge in [-0.05, 0) is 23.8 Å². The molecule has 0 aliphatic heterocycles. The third-order valence-electron chi connectivity index (χ3n) is 3.05. The third-order valence-corrected chi connectivity index (χ3v) is 3.05. The van der Waals surface area contributed by atoms with Crippen LogP contribution in [0.2, 0.25) is 0 Å². The first-order valence-electron chi connectivity index (χ1n) is 6.62. The fourth-order valence-electron chi connectivity index (χ4n) is 2.06. The highest BCUT2D eigenvalue weighted by Crippen LogP contribution is 2.25. The number of nitriles is 1. The first kappa shape index (κ1) is 13.6. The molecule has 3 rings (SSSR count). The van der Waals surface area contributed by atoms with Crippen LogP contribution in [-0.2, 0) is 0 Å². The lowest BCUT2D eigenvalue weighted by Crippen LogP contribution is -2.02. The molecule has 1 aromatic carbocycles. The van der Waals surface area contributed by atoms with Crippen LogP contribution in [-0.4, -0.2) is 9.97 Å². The molecule has 0 saturated carbocycles. The van der Waals surface area contributed by atoms with Crippen LogP contribution in [0.25, 0.3) is 23.6 Å². The van der Waals surface area contributed by atoms with Gasteiger partial charge in [0, 0.05) is 0 Å². The van der Waals surface area contributed by atoms with Crippen molar-refractivity contribution in [1.82, 2.24) is 9.97 Å². The second-order valence-corrected chi connectivity index (χ2v) is 4.52. The Morgan fingerprint density at radius 3 is 2.55 bits per heavy atom. The predicted molar refractivity (Wildman–Crippen MR) is 84.2 cm³/mol. The number of rotatable bonds is 3. The van der Waals surface area contributed by atoms with Crippen LogP contribution in [0.1, 0.15) is 16.8 Å². The quantitative estimate of drug-likeness (QED) is 0.798. The molecule has 0 bridgehead atoms. The molecule has 0 radical (unpaired) electrons. The van der Waals surface area contributed by atoms with Crippen molar-refractivity contribution in [1.29, 1.82) is 5.26 Å². The van der Waals surface area contributed by atoms with E-state index in [0.29, 0.717) is 22.7 Å². The summed E-state index contributed by atoms with van der Waals surface area (Å²) >= 11 is 0. The number of nitrogens with zero attached hydrogens (tertiary/aromatic N) is 3. The number of anilines is 1. The van der Waals surface area contributed by atoms with Gasteiger partial charge in [-0.1, -0.05) is 36.4 Å². The Kier molecular flexibility index (Phi) is 3.67. The van der Waals surface area contributed by atoms with E-state index in [0.717, 1.165) is 5.56 Å². The number of nitrogen functional groups attached to an aromatic ring is 1. The molecule has 5 heteroatoms. The van der Waals surface area contributed by atoms with E-state index in [1.165, 1.54) is 6.26 Å². The topological polar surface area (TPSA) is 88.7 Å². The summed E-state index contributed by atoms with van der Waals surface area (Å²) in [6.07, 6.45) is 5.14. The van der Waals surface area contributed by atoms with Crippen LogP contribution in [0.3, 0.4) is 0 Å². The molecule has 22 heavy (non-hydrogen) atoms. The van der Waals surface area contributed by atoms with Crippen LogP contribution in [0.4, 0.5) is 5.95 Å². The smallest absolute Gasteiger partial charge is 0.221 e. The second-order valence-electron chi connectivity index (χ2n) is 4.52. The SMILES string of the molecule is N#Cc1c(/C=C/c2ccccc2)nc(N)nc1-c1ccco1. The molecule has 0 amide bonds. The van der Waals surface area contributed by atoms with Crippen molar-refractivity contribution in [3.05, 3.63) is 65.5 Å². The highest BCUT2D eigenvalue weighted by Gasteiger charge is 2.15. The van der Waals surface area contributed by atoms with Crippen LogP contribution in [0.15, 0.2) is 53.1 Å². The minimum absolute atomic E-state index is 0.0955. The monoisotopic (exact) mass is 288 g/mol. The normalized spacial score (nSPS) is 10.7. The molecule has 2 N–H and O–H groups in total. The highest BCUT2D eigenvalue weighted by molar-refractivity contribution is 5.76. The average Bonchev–Trinajstić information content (AvgIpc) is 3.07. The van der Waals surface area contributed by atoms with Crippen molar-refractivity contribution < 1.29 is 4.42 Å². The lowest BCUT2D eigenvalue weighted by molar-refractivity contribution is 0.579. The van der Waals surface area contributed by atoms with Crippen molar-refractivity contribution in [3.63, 3.8) is 0 Å². The summed E-state index contributed by atoms with van der Waals surface area (Å²) in [6, 6.07) is 15.3. The highest BCUT2D eigenvalue weighted by atomic mass is 16.3. The zero-order valence-electron chi connectivity index (χ0n) is 11.6. The summed E-state index contributed by atoms with van der Waals surface area (Å²) in [5, 5.41) is 9.44. The van der Waals surface area contributed by atoms with Gasteiger partial charge < -0.3 is 10.2 Å². The molecule has 0 aliphatic carbocycles. The third kappa shape index (κ3) is 2.72. The Bertz CT molecular complexity index is 846. The van der Waals surface area contributed by atoms with E-state index in [1.807, 2.05) is 36.4 Å². The maximum Gasteiger partial charge on any atom is 0.221 e. The zero-order valence-corrected chi connectivity index (χ0v) is 11.6. The fourth-order valence-corrected chi connectivity index (χ4v) is 2.06. The first-order valence-corrected chi connectivity index (χ1v) is 6.62. The Morgan fingerprint density at radius 2 is 1.86 bits per heavy atom. The van der Waals surface area contributed by atoms with Gasteiger partial charge in [0.1, 0.15) is 17.3 Å². The Hall–Kier alpha value is -3.39. The molecule has 5 nitrogen and oxygen atoms in total. The molecular weight excluding hydrogens is 276 g/mol. The Labute approximate surface area is 127 Å². The summed E-state index contributed by atoms with van der Waals surface area (Å²) < 4.78 is 5.31. The summed E-state index contributed by atoms with van der Waals surface area (Å²) in [4.78, 5) is 8.26. The molecule has 3 aromatic rings. The first-order chi connectivity index (χ1) is 10.8. The van der Waals surface area contributed by atoms with Gasteiger partial charge in [0.15, 0.2) is 5.76 Å². The van der Waals surface area contributed by atoms with Gasteiger partial charge in [-0.15, -0.1) is 0 Å². The van der Waals surface area contributed by atoms with Crippen LogP contribution >= 0.6 is 0 Å². The van der Waals surface area contributed by atoms with E-state index in [4.69, 9.17) is 10.2 Å². The van der Waals surface area contributed by atoms with Gasteiger partial charge >= 0.3 is 0 Å². The van der Waals surface area contributed by atoms with E-state index in [2.05, 4.69) is 16.0 Å². The molecule has 2 heterocycles. The van der Waals surface area contributed by atoms with Gasteiger partial charge in [-0.2, -0.15) is 5.26 Å². The number of furan rings is 1. The van der Waals surface area contributed by atoms with E-state index in [-0.39, 0.29) is 5.95 Å². The molecule has 0 fully saturated rings. The molecule has 0 unspecified atom stereocenters. The van der Waals surface area contributed by atoms with E-state index in [9.17, 15) is 5.26 Å². The van der Waals surface area contributed by atoms with Crippen molar-refractivity contribution in [2.45, 2.75) is 0 Å². The maximum atomic E-state index is 9.44. The fraction of sp³-hybridized carbons (Fsp3) is 0. The summed E-state index contributed by atoms with van der Waals surface area (Å²) in [5.41, 5.74) is 7.94. The molecule has 0 spiro atoms. The van der Waals surface area contributed by atoms with E-state index < -0.39 is 0 Å². The van der Waals surface area contributed by atoms with Gasteiger partial charge in [-0.3, -0.25) is 0 Å². The van der Waals surface area contributed by atoms with Crippen LogP contribution < -0.4 is 5.73 Å². The Balaban J connectivity index is 2.08. The number of nitrogens with two attached hydrogens (primary N) is 1. The summed E-state index contributed by atoms with van der Waals surface area (Å²) in [5.74, 6) is 0.582.